The van der Waals surface area contributed by atoms with Crippen LogP contribution in [0.5, 0.6) is 5.95 Å². The number of carboxylic acid groups (broad SMARTS) is 1. The van der Waals surface area contributed by atoms with Crippen molar-refractivity contribution in [2.75, 3.05) is 6.61 Å². The summed E-state index contributed by atoms with van der Waals surface area (Å²) in [5.41, 5.74) is -1.08. The molecule has 0 bridgehead atoms. The van der Waals surface area contributed by atoms with Crippen LogP contribution in [0.4, 0.5) is 13.2 Å². The second-order valence-electron chi connectivity index (χ2n) is 3.62. The number of rotatable bonds is 4. The van der Waals surface area contributed by atoms with Crippen LogP contribution in [0, 0.1) is 17.5 Å². The third kappa shape index (κ3) is 2.31. The largest absolute Gasteiger partial charge is 0.476 e. The highest BCUT2D eigenvalue weighted by atomic mass is 19.2. The van der Waals surface area contributed by atoms with Gasteiger partial charge >= 0.3 is 11.9 Å². The summed E-state index contributed by atoms with van der Waals surface area (Å²) in [6.45, 7) is 1.67. The van der Waals surface area contributed by atoms with Crippen molar-refractivity contribution in [1.29, 1.82) is 0 Å². The van der Waals surface area contributed by atoms with Gasteiger partial charge in [0.15, 0.2) is 17.5 Å². The number of oxazole rings is 1. The molecule has 0 amide bonds. The van der Waals surface area contributed by atoms with Crippen molar-refractivity contribution in [1.82, 2.24) is 4.98 Å². The lowest BCUT2D eigenvalue weighted by Crippen LogP contribution is -2.01. The second-order valence-corrected chi connectivity index (χ2v) is 3.62. The predicted octanol–water partition coefficient (Wildman–Crippen LogP) is 2.86. The van der Waals surface area contributed by atoms with Crippen LogP contribution in [0.25, 0.3) is 11.5 Å². The molecule has 0 saturated heterocycles. The Morgan fingerprint density at radius 2 is 2.05 bits per heavy atom. The smallest absolute Gasteiger partial charge is 0.362 e. The molecule has 2 rings (SSSR count). The summed E-state index contributed by atoms with van der Waals surface area (Å²) < 4.78 is 49.3. The van der Waals surface area contributed by atoms with Gasteiger partial charge in [0, 0.05) is 0 Å². The lowest BCUT2D eigenvalue weighted by Gasteiger charge is -2.00. The zero-order valence-electron chi connectivity index (χ0n) is 10.1. The van der Waals surface area contributed by atoms with Crippen molar-refractivity contribution in [3.8, 4) is 17.4 Å². The summed E-state index contributed by atoms with van der Waals surface area (Å²) in [5.74, 6) is -6.99. The minimum Gasteiger partial charge on any atom is -0.476 e. The molecule has 0 saturated carbocycles. The molecule has 0 aliphatic heterocycles. The van der Waals surface area contributed by atoms with Crippen LogP contribution in [-0.4, -0.2) is 22.7 Å². The van der Waals surface area contributed by atoms with Gasteiger partial charge < -0.3 is 14.3 Å². The molecule has 1 heterocycles. The van der Waals surface area contributed by atoms with Gasteiger partial charge in [0.1, 0.15) is 0 Å². The first-order valence-corrected chi connectivity index (χ1v) is 5.46. The van der Waals surface area contributed by atoms with Gasteiger partial charge in [0.05, 0.1) is 12.2 Å². The van der Waals surface area contributed by atoms with Crippen LogP contribution < -0.4 is 4.74 Å². The highest BCUT2D eigenvalue weighted by Gasteiger charge is 2.25. The minimum absolute atomic E-state index is 0.0924. The summed E-state index contributed by atoms with van der Waals surface area (Å²) in [6, 6.07) is 1.57. The molecule has 0 aliphatic rings. The van der Waals surface area contributed by atoms with Crippen molar-refractivity contribution in [3.05, 3.63) is 35.3 Å². The predicted molar refractivity (Wildman–Crippen MR) is 59.9 cm³/mol. The fourth-order valence-corrected chi connectivity index (χ4v) is 1.48. The van der Waals surface area contributed by atoms with Gasteiger partial charge in [-0.3, -0.25) is 0 Å². The van der Waals surface area contributed by atoms with E-state index in [0.29, 0.717) is 6.07 Å². The van der Waals surface area contributed by atoms with Crippen molar-refractivity contribution in [3.63, 3.8) is 0 Å². The SMILES string of the molecule is CCOc1oc(-c2ccc(F)c(F)c2F)nc1C(=O)O. The number of nitrogens with zero attached hydrogens (tertiary/aromatic N) is 1. The maximum absolute atomic E-state index is 13.6. The number of hydrogen-bond acceptors (Lipinski definition) is 4. The van der Waals surface area contributed by atoms with E-state index in [0.717, 1.165) is 6.07 Å². The van der Waals surface area contributed by atoms with Gasteiger partial charge in [-0.05, 0) is 19.1 Å². The number of carbonyl (C=O) groups is 1. The van der Waals surface area contributed by atoms with Gasteiger partial charge in [-0.2, -0.15) is 4.98 Å². The van der Waals surface area contributed by atoms with Crippen LogP contribution in [0.1, 0.15) is 17.4 Å². The van der Waals surface area contributed by atoms with Crippen LogP contribution in [0.3, 0.4) is 0 Å². The first-order chi connectivity index (χ1) is 9.45. The third-order valence-corrected chi connectivity index (χ3v) is 2.34. The fourth-order valence-electron chi connectivity index (χ4n) is 1.48. The molecule has 5 nitrogen and oxygen atoms in total. The van der Waals surface area contributed by atoms with E-state index in [4.69, 9.17) is 14.3 Å². The number of aromatic carboxylic acids is 1. The second kappa shape index (κ2) is 5.24. The highest BCUT2D eigenvalue weighted by molar-refractivity contribution is 5.88. The summed E-state index contributed by atoms with van der Waals surface area (Å²) in [4.78, 5) is 14.4. The molecular weight excluding hydrogens is 279 g/mol. The summed E-state index contributed by atoms with van der Waals surface area (Å²) in [5, 5.41) is 8.89. The van der Waals surface area contributed by atoms with E-state index in [9.17, 15) is 18.0 Å². The molecule has 106 valence electrons. The number of aromatic nitrogens is 1. The maximum atomic E-state index is 13.6. The molecule has 2 aromatic rings. The normalized spacial score (nSPS) is 10.6. The maximum Gasteiger partial charge on any atom is 0.362 e. The van der Waals surface area contributed by atoms with Gasteiger partial charge in [-0.25, -0.2) is 18.0 Å². The third-order valence-electron chi connectivity index (χ3n) is 2.34. The Bertz CT molecular complexity index is 669. The van der Waals surface area contributed by atoms with Crippen LogP contribution >= 0.6 is 0 Å². The molecule has 1 aromatic carbocycles. The van der Waals surface area contributed by atoms with E-state index < -0.39 is 46.5 Å². The number of carboxylic acids is 1. The molecular formula is C12H8F3NO4. The topological polar surface area (TPSA) is 72.6 Å². The Kier molecular flexibility index (Phi) is 3.64. The summed E-state index contributed by atoms with van der Waals surface area (Å²) in [7, 11) is 0. The Labute approximate surface area is 110 Å². The molecule has 0 unspecified atom stereocenters. The van der Waals surface area contributed by atoms with Crippen LogP contribution in [-0.2, 0) is 0 Å². The molecule has 0 spiro atoms. The Balaban J connectivity index is 2.56. The van der Waals surface area contributed by atoms with Crippen molar-refractivity contribution < 1.29 is 32.2 Å². The minimum atomic E-state index is -1.70. The van der Waals surface area contributed by atoms with Crippen LogP contribution in [0.2, 0.25) is 0 Å². The molecule has 20 heavy (non-hydrogen) atoms. The van der Waals surface area contributed by atoms with E-state index in [1.54, 1.807) is 6.92 Å². The number of hydrogen-bond donors (Lipinski definition) is 1. The van der Waals surface area contributed by atoms with E-state index in [2.05, 4.69) is 4.98 Å². The zero-order chi connectivity index (χ0) is 14.9. The van der Waals surface area contributed by atoms with E-state index in [1.807, 2.05) is 0 Å². The monoisotopic (exact) mass is 287 g/mol. The summed E-state index contributed by atoms with van der Waals surface area (Å²) in [6.07, 6.45) is 0. The lowest BCUT2D eigenvalue weighted by atomic mass is 10.2. The Hall–Kier alpha value is -2.51. The Morgan fingerprint density at radius 3 is 2.65 bits per heavy atom. The van der Waals surface area contributed by atoms with E-state index in [-0.39, 0.29) is 6.61 Å². The zero-order valence-corrected chi connectivity index (χ0v) is 10.1. The standard InChI is InChI=1S/C12H8F3NO4/c1-2-19-12-9(11(17)18)16-10(20-12)5-3-4-6(13)8(15)7(5)14/h3-4H,2H2,1H3,(H,17,18). The van der Waals surface area contributed by atoms with Crippen molar-refractivity contribution in [2.45, 2.75) is 6.92 Å². The fraction of sp³-hybridized carbons (Fsp3) is 0.167. The molecule has 1 aromatic heterocycles. The molecule has 0 fully saturated rings. The first kappa shape index (κ1) is 13.9. The lowest BCUT2D eigenvalue weighted by molar-refractivity contribution is 0.0683. The molecule has 1 N–H and O–H groups in total. The van der Waals surface area contributed by atoms with Crippen molar-refractivity contribution >= 4 is 5.97 Å². The Morgan fingerprint density at radius 1 is 1.35 bits per heavy atom. The highest BCUT2D eigenvalue weighted by Crippen LogP contribution is 2.30. The molecule has 8 heteroatoms. The molecule has 0 aliphatic carbocycles. The van der Waals surface area contributed by atoms with E-state index >= 15 is 0 Å². The number of benzene rings is 1. The van der Waals surface area contributed by atoms with Gasteiger partial charge in [-0.15, -0.1) is 0 Å². The number of halogens is 3. The average molecular weight is 287 g/mol. The average Bonchev–Trinajstić information content (AvgIpc) is 2.80. The quantitative estimate of drug-likeness (QED) is 0.875. The number of ether oxygens (including phenoxy) is 1. The van der Waals surface area contributed by atoms with Gasteiger partial charge in [0.2, 0.25) is 11.6 Å². The summed E-state index contributed by atoms with van der Waals surface area (Å²) >= 11 is 0. The van der Waals surface area contributed by atoms with Gasteiger partial charge in [0.25, 0.3) is 0 Å². The molecule has 0 radical (unpaired) electrons. The van der Waals surface area contributed by atoms with Gasteiger partial charge in [-0.1, -0.05) is 0 Å². The molecule has 0 atom stereocenters. The van der Waals surface area contributed by atoms with Crippen molar-refractivity contribution in [2.24, 2.45) is 0 Å². The van der Waals surface area contributed by atoms with Crippen LogP contribution in [0.15, 0.2) is 16.5 Å². The first-order valence-electron chi connectivity index (χ1n) is 5.46. The van der Waals surface area contributed by atoms with E-state index in [1.165, 1.54) is 0 Å².